The van der Waals surface area contributed by atoms with Crippen molar-refractivity contribution in [3.63, 3.8) is 0 Å². The van der Waals surface area contributed by atoms with Crippen molar-refractivity contribution in [2.24, 2.45) is 0 Å². The van der Waals surface area contributed by atoms with Crippen LogP contribution >= 0.6 is 11.3 Å². The van der Waals surface area contributed by atoms with Gasteiger partial charge in [-0.05, 0) is 36.1 Å². The molecule has 8 heteroatoms. The smallest absolute Gasteiger partial charge is 0.308 e. The number of amides is 1. The first-order chi connectivity index (χ1) is 11.9. The van der Waals surface area contributed by atoms with Crippen LogP contribution in [0.25, 0.3) is 0 Å². The van der Waals surface area contributed by atoms with E-state index in [1.165, 1.54) is 18.3 Å². The second kappa shape index (κ2) is 8.98. The highest BCUT2D eigenvalue weighted by molar-refractivity contribution is 7.87. The van der Waals surface area contributed by atoms with E-state index in [2.05, 4.69) is 0 Å². The number of hydrogen-bond donors (Lipinski definition) is 0. The highest BCUT2D eigenvalue weighted by Crippen LogP contribution is 2.18. The van der Waals surface area contributed by atoms with Crippen LogP contribution in [0.2, 0.25) is 0 Å². The van der Waals surface area contributed by atoms with E-state index < -0.39 is 10.1 Å². The maximum Gasteiger partial charge on any atom is 0.308 e. The Morgan fingerprint density at radius 2 is 1.92 bits per heavy atom. The predicted octanol–water partition coefficient (Wildman–Crippen LogP) is 2.77. The Labute approximate surface area is 152 Å². The Bertz CT molecular complexity index is 770. The van der Waals surface area contributed by atoms with Gasteiger partial charge in [0.1, 0.15) is 5.75 Å². The molecular weight excluding hydrogens is 362 g/mol. The number of carbonyl (C=O) groups is 1. The van der Waals surface area contributed by atoms with E-state index in [1.807, 2.05) is 11.4 Å². The lowest BCUT2D eigenvalue weighted by Crippen LogP contribution is -2.33. The van der Waals surface area contributed by atoms with Gasteiger partial charge in [0, 0.05) is 20.2 Å². The van der Waals surface area contributed by atoms with Crippen LogP contribution in [0.15, 0.2) is 41.8 Å². The van der Waals surface area contributed by atoms with Crippen LogP contribution in [-0.2, 0) is 21.4 Å². The number of thiophene rings is 1. The molecule has 2 aromatic rings. The standard InChI is InChI=1S/C17H21NO5S2/c1-3-25(20,21)23-15-8-6-14(7-9-15)13-18(10-11-22-2)17(19)16-5-4-12-24-16/h4-9,12H,3,10-11,13H2,1-2H3. The highest BCUT2D eigenvalue weighted by atomic mass is 32.2. The number of hydrogen-bond acceptors (Lipinski definition) is 6. The number of carbonyl (C=O) groups excluding carboxylic acids is 1. The maximum atomic E-state index is 12.6. The minimum atomic E-state index is -3.54. The lowest BCUT2D eigenvalue weighted by Gasteiger charge is -2.22. The summed E-state index contributed by atoms with van der Waals surface area (Å²) in [6.07, 6.45) is 0. The first-order valence-corrected chi connectivity index (χ1v) is 10.2. The highest BCUT2D eigenvalue weighted by Gasteiger charge is 2.17. The Balaban J connectivity index is 2.09. The number of rotatable bonds is 9. The Morgan fingerprint density at radius 3 is 2.48 bits per heavy atom. The molecule has 25 heavy (non-hydrogen) atoms. The summed E-state index contributed by atoms with van der Waals surface area (Å²) >= 11 is 1.40. The lowest BCUT2D eigenvalue weighted by molar-refractivity contribution is 0.0685. The molecule has 0 N–H and O–H groups in total. The lowest BCUT2D eigenvalue weighted by atomic mass is 10.2. The number of benzene rings is 1. The average molecular weight is 383 g/mol. The quantitative estimate of drug-likeness (QED) is 0.623. The molecular formula is C17H21NO5S2. The monoisotopic (exact) mass is 383 g/mol. The molecule has 0 radical (unpaired) electrons. The molecule has 0 unspecified atom stereocenters. The Morgan fingerprint density at radius 1 is 1.20 bits per heavy atom. The third-order valence-corrected chi connectivity index (χ3v) is 5.47. The molecule has 1 aromatic carbocycles. The van der Waals surface area contributed by atoms with E-state index in [1.54, 1.807) is 42.3 Å². The second-order valence-corrected chi connectivity index (χ2v) is 8.08. The molecule has 0 spiro atoms. The van der Waals surface area contributed by atoms with Crippen molar-refractivity contribution in [1.82, 2.24) is 4.90 Å². The predicted molar refractivity (Wildman–Crippen MR) is 97.5 cm³/mol. The van der Waals surface area contributed by atoms with E-state index in [9.17, 15) is 13.2 Å². The van der Waals surface area contributed by atoms with Gasteiger partial charge in [-0.1, -0.05) is 18.2 Å². The van der Waals surface area contributed by atoms with Gasteiger partial charge in [0.2, 0.25) is 0 Å². The zero-order valence-electron chi connectivity index (χ0n) is 14.2. The molecule has 0 saturated heterocycles. The van der Waals surface area contributed by atoms with Crippen LogP contribution in [0.5, 0.6) is 5.75 Å². The molecule has 0 atom stereocenters. The van der Waals surface area contributed by atoms with Gasteiger partial charge in [0.15, 0.2) is 0 Å². The fraction of sp³-hybridized carbons (Fsp3) is 0.353. The summed E-state index contributed by atoms with van der Waals surface area (Å²) in [6.45, 7) is 2.83. The molecule has 0 aliphatic rings. The van der Waals surface area contributed by atoms with E-state index in [-0.39, 0.29) is 17.4 Å². The van der Waals surface area contributed by atoms with Crippen LogP contribution in [0.1, 0.15) is 22.2 Å². The van der Waals surface area contributed by atoms with Crippen LogP contribution in [0.4, 0.5) is 0 Å². The van der Waals surface area contributed by atoms with Crippen molar-refractivity contribution in [2.75, 3.05) is 26.0 Å². The molecule has 136 valence electrons. The van der Waals surface area contributed by atoms with Crippen molar-refractivity contribution in [3.8, 4) is 5.75 Å². The summed E-state index contributed by atoms with van der Waals surface area (Å²) in [7, 11) is -1.95. The third-order valence-electron chi connectivity index (χ3n) is 3.46. The number of nitrogens with zero attached hydrogens (tertiary/aromatic N) is 1. The summed E-state index contributed by atoms with van der Waals surface area (Å²) in [4.78, 5) is 15.0. The summed E-state index contributed by atoms with van der Waals surface area (Å²) in [5.41, 5.74) is 0.877. The van der Waals surface area contributed by atoms with Gasteiger partial charge >= 0.3 is 10.1 Å². The van der Waals surface area contributed by atoms with Gasteiger partial charge in [-0.25, -0.2) is 0 Å². The van der Waals surface area contributed by atoms with Gasteiger partial charge in [0.05, 0.1) is 17.2 Å². The normalized spacial score (nSPS) is 11.3. The molecule has 0 fully saturated rings. The van der Waals surface area contributed by atoms with Crippen molar-refractivity contribution in [3.05, 3.63) is 52.2 Å². The first-order valence-electron chi connectivity index (χ1n) is 7.78. The van der Waals surface area contributed by atoms with Crippen LogP contribution in [0, 0.1) is 0 Å². The molecule has 0 aliphatic heterocycles. The van der Waals surface area contributed by atoms with Crippen LogP contribution in [0.3, 0.4) is 0 Å². The molecule has 1 heterocycles. The van der Waals surface area contributed by atoms with Gasteiger partial charge in [-0.2, -0.15) is 8.42 Å². The Kier molecular flexibility index (Phi) is 6.98. The molecule has 6 nitrogen and oxygen atoms in total. The summed E-state index contributed by atoms with van der Waals surface area (Å²) in [5, 5.41) is 1.86. The van der Waals surface area contributed by atoms with Crippen molar-refractivity contribution < 1.29 is 22.1 Å². The zero-order chi connectivity index (χ0) is 18.3. The molecule has 1 aromatic heterocycles. The maximum absolute atomic E-state index is 12.6. The molecule has 0 saturated carbocycles. The molecule has 1 amide bonds. The van der Waals surface area contributed by atoms with Crippen LogP contribution < -0.4 is 4.18 Å². The van der Waals surface area contributed by atoms with Gasteiger partial charge in [-0.3, -0.25) is 4.79 Å². The summed E-state index contributed by atoms with van der Waals surface area (Å²) < 4.78 is 33.0. The fourth-order valence-corrected chi connectivity index (χ4v) is 3.30. The second-order valence-electron chi connectivity index (χ2n) is 5.27. The third kappa shape index (κ3) is 5.84. The van der Waals surface area contributed by atoms with Crippen LogP contribution in [-0.4, -0.2) is 45.2 Å². The van der Waals surface area contributed by atoms with Gasteiger partial charge < -0.3 is 13.8 Å². The van der Waals surface area contributed by atoms with Gasteiger partial charge in [0.25, 0.3) is 5.91 Å². The average Bonchev–Trinajstić information content (AvgIpc) is 3.14. The van der Waals surface area contributed by atoms with Crippen molar-refractivity contribution in [1.29, 1.82) is 0 Å². The zero-order valence-corrected chi connectivity index (χ0v) is 15.8. The first kappa shape index (κ1) is 19.4. The van der Waals surface area contributed by atoms with Crippen molar-refractivity contribution >= 4 is 27.4 Å². The minimum absolute atomic E-state index is 0.0547. The topological polar surface area (TPSA) is 72.9 Å². The number of methoxy groups -OCH3 is 1. The molecule has 2 rings (SSSR count). The SMILES string of the molecule is CCS(=O)(=O)Oc1ccc(CN(CCOC)C(=O)c2cccs2)cc1. The van der Waals surface area contributed by atoms with E-state index in [0.29, 0.717) is 24.6 Å². The van der Waals surface area contributed by atoms with E-state index >= 15 is 0 Å². The summed E-state index contributed by atoms with van der Waals surface area (Å²) in [5.74, 6) is 0.119. The fourth-order valence-electron chi connectivity index (χ4n) is 2.09. The van der Waals surface area contributed by atoms with E-state index in [4.69, 9.17) is 8.92 Å². The minimum Gasteiger partial charge on any atom is -0.383 e. The molecule has 0 bridgehead atoms. The Hall–Kier alpha value is -1.90. The van der Waals surface area contributed by atoms with Gasteiger partial charge in [-0.15, -0.1) is 11.3 Å². The van der Waals surface area contributed by atoms with Crippen molar-refractivity contribution in [2.45, 2.75) is 13.5 Å². The summed E-state index contributed by atoms with van der Waals surface area (Å²) in [6, 6.07) is 10.3. The molecule has 0 aliphatic carbocycles. The largest absolute Gasteiger partial charge is 0.383 e. The van der Waals surface area contributed by atoms with E-state index in [0.717, 1.165) is 5.56 Å². The number of ether oxygens (including phenoxy) is 1.